The second-order valence-electron chi connectivity index (χ2n) is 8.55. The Morgan fingerprint density at radius 1 is 1.17 bits per heavy atom. The summed E-state index contributed by atoms with van der Waals surface area (Å²) in [5, 5.41) is 7.31. The lowest BCUT2D eigenvalue weighted by Gasteiger charge is -2.38. The molecule has 4 atom stereocenters. The van der Waals surface area contributed by atoms with E-state index >= 15 is 0 Å². The van der Waals surface area contributed by atoms with Crippen molar-refractivity contribution in [3.05, 3.63) is 11.8 Å². The summed E-state index contributed by atoms with van der Waals surface area (Å²) < 4.78 is 51.9. The molecule has 0 amide bonds. The fourth-order valence-corrected chi connectivity index (χ4v) is 4.94. The molecule has 1 N–H and O–H groups in total. The Labute approximate surface area is 172 Å². The summed E-state index contributed by atoms with van der Waals surface area (Å²) in [7, 11) is 0. The molecule has 2 bridgehead atoms. The summed E-state index contributed by atoms with van der Waals surface area (Å²) in [5.41, 5.74) is 1.14. The highest BCUT2D eigenvalue weighted by Crippen LogP contribution is 2.42. The topological polar surface area (TPSA) is 66.5 Å². The molecule has 2 aromatic rings. The Kier molecular flexibility index (Phi) is 4.81. The summed E-state index contributed by atoms with van der Waals surface area (Å²) in [4.78, 5) is 9.11. The second kappa shape index (κ2) is 7.26. The van der Waals surface area contributed by atoms with Crippen molar-refractivity contribution in [1.29, 1.82) is 0 Å². The Morgan fingerprint density at radius 3 is 2.57 bits per heavy atom. The fourth-order valence-electron chi connectivity index (χ4n) is 4.94. The van der Waals surface area contributed by atoms with Gasteiger partial charge in [-0.1, -0.05) is 0 Å². The molecule has 3 aliphatic heterocycles. The van der Waals surface area contributed by atoms with E-state index in [1.807, 2.05) is 13.0 Å². The first-order valence-corrected chi connectivity index (χ1v) is 10.5. The van der Waals surface area contributed by atoms with Crippen LogP contribution < -0.4 is 9.80 Å². The Hall–Kier alpha value is -2.07. The van der Waals surface area contributed by atoms with Gasteiger partial charge in [-0.2, -0.15) is 18.3 Å². The maximum atomic E-state index is 13.5. The minimum absolute atomic E-state index is 0.0440. The first-order valence-electron chi connectivity index (χ1n) is 10.5. The molecule has 10 heteroatoms. The molecule has 5 rings (SSSR count). The zero-order valence-corrected chi connectivity index (χ0v) is 17.1. The average Bonchev–Trinajstić information content (AvgIpc) is 3.24. The van der Waals surface area contributed by atoms with Gasteiger partial charge in [0, 0.05) is 18.7 Å². The highest BCUT2D eigenvalue weighted by molar-refractivity contribution is 5.94. The maximum absolute atomic E-state index is 13.5. The molecular formula is C20H26F3N5O2. The summed E-state index contributed by atoms with van der Waals surface area (Å²) in [5.74, 6) is -0.894. The van der Waals surface area contributed by atoms with Crippen LogP contribution in [-0.4, -0.2) is 72.5 Å². The van der Waals surface area contributed by atoms with Crippen molar-refractivity contribution in [2.24, 2.45) is 0 Å². The van der Waals surface area contributed by atoms with Crippen LogP contribution in [0, 0.1) is 0 Å². The molecule has 0 aromatic carbocycles. The number of nitrogens with zero attached hydrogens (tertiary/aromatic N) is 4. The number of hydrogen-bond acceptors (Lipinski definition) is 6. The third kappa shape index (κ3) is 3.20. The second-order valence-corrected chi connectivity index (χ2v) is 8.55. The van der Waals surface area contributed by atoms with Gasteiger partial charge in [0.05, 0.1) is 61.2 Å². The van der Waals surface area contributed by atoms with Crippen molar-refractivity contribution >= 4 is 22.5 Å². The SMILES string of the molecule is CC(c1[nH]nc2nc(N3C4CCC3COC4)cc(N3CCOC[C@H]3C)c12)C(F)(F)F. The smallest absolute Gasteiger partial charge is 0.377 e. The van der Waals surface area contributed by atoms with Crippen LogP contribution in [0.1, 0.15) is 38.3 Å². The molecule has 30 heavy (non-hydrogen) atoms. The number of nitrogens with one attached hydrogen (secondary N) is 1. The van der Waals surface area contributed by atoms with Crippen LogP contribution in [0.25, 0.3) is 11.0 Å². The van der Waals surface area contributed by atoms with Crippen molar-refractivity contribution in [3.63, 3.8) is 0 Å². The van der Waals surface area contributed by atoms with E-state index in [0.717, 1.165) is 31.3 Å². The summed E-state index contributed by atoms with van der Waals surface area (Å²) in [6.45, 7) is 6.16. The highest BCUT2D eigenvalue weighted by atomic mass is 19.4. The molecule has 0 spiro atoms. The molecule has 0 radical (unpaired) electrons. The van der Waals surface area contributed by atoms with Crippen LogP contribution >= 0.6 is 0 Å². The number of aromatic nitrogens is 3. The van der Waals surface area contributed by atoms with Crippen molar-refractivity contribution in [3.8, 4) is 0 Å². The van der Waals surface area contributed by atoms with E-state index in [1.165, 1.54) is 0 Å². The zero-order chi connectivity index (χ0) is 21.0. The van der Waals surface area contributed by atoms with Crippen LogP contribution in [-0.2, 0) is 9.47 Å². The lowest BCUT2D eigenvalue weighted by atomic mass is 10.0. The quantitative estimate of drug-likeness (QED) is 0.815. The van der Waals surface area contributed by atoms with E-state index in [0.29, 0.717) is 44.0 Å². The molecule has 0 saturated carbocycles. The van der Waals surface area contributed by atoms with Gasteiger partial charge in [0.1, 0.15) is 5.82 Å². The van der Waals surface area contributed by atoms with Gasteiger partial charge in [-0.15, -0.1) is 0 Å². The zero-order valence-electron chi connectivity index (χ0n) is 17.1. The molecule has 3 saturated heterocycles. The number of morpholine rings is 2. The average molecular weight is 425 g/mol. The van der Waals surface area contributed by atoms with Gasteiger partial charge in [-0.3, -0.25) is 5.10 Å². The van der Waals surface area contributed by atoms with Crippen molar-refractivity contribution in [2.45, 2.75) is 56.9 Å². The van der Waals surface area contributed by atoms with E-state index in [-0.39, 0.29) is 23.8 Å². The van der Waals surface area contributed by atoms with Crippen molar-refractivity contribution < 1.29 is 22.6 Å². The number of alkyl halides is 3. The van der Waals surface area contributed by atoms with Gasteiger partial charge in [0.15, 0.2) is 5.65 Å². The summed E-state index contributed by atoms with van der Waals surface area (Å²) in [6, 6.07) is 2.48. The number of aromatic amines is 1. The van der Waals surface area contributed by atoms with E-state index in [2.05, 4.69) is 20.0 Å². The predicted molar refractivity (Wildman–Crippen MR) is 106 cm³/mol. The number of ether oxygens (including phenoxy) is 2. The monoisotopic (exact) mass is 425 g/mol. The van der Waals surface area contributed by atoms with Gasteiger partial charge < -0.3 is 19.3 Å². The lowest BCUT2D eigenvalue weighted by molar-refractivity contribution is -0.146. The van der Waals surface area contributed by atoms with Crippen molar-refractivity contribution in [1.82, 2.24) is 15.2 Å². The molecule has 0 aliphatic carbocycles. The number of halogens is 3. The van der Waals surface area contributed by atoms with Crippen molar-refractivity contribution in [2.75, 3.05) is 42.8 Å². The Morgan fingerprint density at radius 2 is 1.90 bits per heavy atom. The largest absolute Gasteiger partial charge is 0.396 e. The van der Waals surface area contributed by atoms with E-state index in [4.69, 9.17) is 14.5 Å². The van der Waals surface area contributed by atoms with E-state index in [1.54, 1.807) is 0 Å². The molecule has 5 heterocycles. The number of fused-ring (bicyclic) bond motifs is 3. The fraction of sp³-hybridized carbons (Fsp3) is 0.700. The minimum Gasteiger partial charge on any atom is -0.377 e. The number of H-pyrrole nitrogens is 1. The van der Waals surface area contributed by atoms with E-state index in [9.17, 15) is 13.2 Å². The Balaban J connectivity index is 1.66. The summed E-state index contributed by atoms with van der Waals surface area (Å²) in [6.07, 6.45) is -2.30. The first kappa shape index (κ1) is 19.9. The van der Waals surface area contributed by atoms with Gasteiger partial charge in [-0.25, -0.2) is 4.98 Å². The standard InChI is InChI=1S/C20H26F3N5O2/c1-11-8-29-6-5-27(11)15-7-16(28-13-3-4-14(28)10-30-9-13)24-19-17(15)18(25-26-19)12(2)20(21,22)23/h7,11-14H,3-6,8-10H2,1-2H3,(H,24,25,26)/t11-,12?,13?,14?/m1/s1. The van der Waals surface area contributed by atoms with Gasteiger partial charge in [0.25, 0.3) is 0 Å². The predicted octanol–water partition coefficient (Wildman–Crippen LogP) is 3.22. The number of anilines is 2. The molecule has 2 aromatic heterocycles. The summed E-state index contributed by atoms with van der Waals surface area (Å²) >= 11 is 0. The Bertz CT molecular complexity index is 917. The molecule has 3 fully saturated rings. The lowest BCUT2D eigenvalue weighted by Crippen LogP contribution is -2.47. The molecule has 3 aliphatic rings. The van der Waals surface area contributed by atoms with Crippen LogP contribution in [0.15, 0.2) is 6.07 Å². The number of hydrogen-bond donors (Lipinski definition) is 1. The minimum atomic E-state index is -4.37. The van der Waals surface area contributed by atoms with Gasteiger partial charge in [0.2, 0.25) is 0 Å². The van der Waals surface area contributed by atoms with Gasteiger partial charge in [-0.05, 0) is 26.7 Å². The highest BCUT2D eigenvalue weighted by Gasteiger charge is 2.42. The normalized spacial score (nSPS) is 28.4. The van der Waals surface area contributed by atoms with Crippen LogP contribution in [0.5, 0.6) is 0 Å². The third-order valence-corrected chi connectivity index (χ3v) is 6.62. The molecule has 164 valence electrons. The maximum Gasteiger partial charge on any atom is 0.396 e. The third-order valence-electron chi connectivity index (χ3n) is 6.62. The number of rotatable bonds is 3. The van der Waals surface area contributed by atoms with E-state index < -0.39 is 12.1 Å². The first-order chi connectivity index (χ1) is 14.3. The van der Waals surface area contributed by atoms with Crippen LogP contribution in [0.3, 0.4) is 0 Å². The van der Waals surface area contributed by atoms with Crippen LogP contribution in [0.2, 0.25) is 0 Å². The van der Waals surface area contributed by atoms with Crippen LogP contribution in [0.4, 0.5) is 24.7 Å². The molecule has 7 nitrogen and oxygen atoms in total. The number of pyridine rings is 1. The molecular weight excluding hydrogens is 399 g/mol. The molecule has 3 unspecified atom stereocenters. The van der Waals surface area contributed by atoms with Gasteiger partial charge >= 0.3 is 6.18 Å².